The molecule has 3 atom stereocenters. The van der Waals surface area contributed by atoms with Crippen LogP contribution in [-0.4, -0.2) is 74.5 Å². The van der Waals surface area contributed by atoms with E-state index in [1.807, 2.05) is 0 Å². The van der Waals surface area contributed by atoms with E-state index in [1.54, 1.807) is 18.2 Å². The Kier molecular flexibility index (Phi) is 6.94. The first-order chi connectivity index (χ1) is 16.7. The Labute approximate surface area is 203 Å². The zero-order valence-corrected chi connectivity index (χ0v) is 19.2. The number of hydrogen-bond acceptors (Lipinski definition) is 6. The molecule has 0 aliphatic carbocycles. The van der Waals surface area contributed by atoms with Gasteiger partial charge < -0.3 is 15.4 Å². The number of rotatable bonds is 7. The third kappa shape index (κ3) is 4.80. The molecule has 0 unspecified atom stereocenters. The molecule has 1 aliphatic rings. The van der Waals surface area contributed by atoms with Gasteiger partial charge in [-0.1, -0.05) is 28.2 Å². The Hall–Kier alpha value is -3.64. The molecule has 0 radical (unpaired) electrons. The van der Waals surface area contributed by atoms with Gasteiger partial charge >= 0.3 is 0 Å². The quantitative estimate of drug-likeness (QED) is 0.486. The van der Waals surface area contributed by atoms with Crippen LogP contribution in [0.3, 0.4) is 0 Å². The molecular weight excluding hydrogens is 486 g/mol. The number of halogens is 3. The van der Waals surface area contributed by atoms with Crippen molar-refractivity contribution in [2.24, 2.45) is 5.73 Å². The van der Waals surface area contributed by atoms with Crippen LogP contribution in [0.4, 0.5) is 8.87 Å². The lowest BCUT2D eigenvalue weighted by Gasteiger charge is -2.28. The molecule has 1 aromatic carbocycles. The van der Waals surface area contributed by atoms with E-state index in [2.05, 4.69) is 10.1 Å². The van der Waals surface area contributed by atoms with E-state index in [0.717, 1.165) is 4.90 Å². The van der Waals surface area contributed by atoms with Crippen LogP contribution in [-0.2, 0) is 27.4 Å². The van der Waals surface area contributed by atoms with Gasteiger partial charge in [-0.25, -0.2) is 4.39 Å². The first-order valence-electron chi connectivity index (χ1n) is 10.5. The highest BCUT2D eigenvalue weighted by Crippen LogP contribution is 2.27. The Morgan fingerprint density at radius 3 is 2.77 bits per heavy atom. The Morgan fingerprint density at radius 1 is 1.31 bits per heavy atom. The molecule has 13 heteroatoms. The molecule has 2 aromatic heterocycles. The molecule has 1 aliphatic heterocycles. The zero-order chi connectivity index (χ0) is 25.3. The number of aromatic nitrogens is 3. The first kappa shape index (κ1) is 24.5. The number of carbonyl (C=O) groups is 3. The summed E-state index contributed by atoms with van der Waals surface area (Å²) < 4.78 is 36.0. The van der Waals surface area contributed by atoms with Gasteiger partial charge in [0.1, 0.15) is 24.9 Å². The van der Waals surface area contributed by atoms with E-state index in [9.17, 15) is 23.3 Å². The van der Waals surface area contributed by atoms with Crippen molar-refractivity contribution in [2.45, 2.75) is 31.4 Å². The summed E-state index contributed by atoms with van der Waals surface area (Å²) in [6, 6.07) is 6.23. The largest absolute Gasteiger partial charge is 0.376 e. The molecule has 3 heterocycles. The van der Waals surface area contributed by atoms with Crippen molar-refractivity contribution in [1.29, 1.82) is 0 Å². The number of alkyl halides is 1. The summed E-state index contributed by atoms with van der Waals surface area (Å²) in [5, 5.41) is 4.67. The highest BCUT2D eigenvalue weighted by atomic mass is 35.5. The Morgan fingerprint density at radius 2 is 2.09 bits per heavy atom. The van der Waals surface area contributed by atoms with Crippen LogP contribution >= 0.6 is 11.6 Å². The molecule has 3 amide bonds. The molecule has 184 valence electrons. The number of pyridine rings is 1. The summed E-state index contributed by atoms with van der Waals surface area (Å²) in [7, 11) is 1.18. The third-order valence-corrected chi connectivity index (χ3v) is 5.98. The molecule has 1 saturated heterocycles. The van der Waals surface area contributed by atoms with E-state index in [-0.39, 0.29) is 10.8 Å². The minimum absolute atomic E-state index is 0.0930. The van der Waals surface area contributed by atoms with Gasteiger partial charge in [-0.05, 0) is 23.8 Å². The van der Waals surface area contributed by atoms with Gasteiger partial charge in [-0.2, -0.15) is 10.2 Å². The number of benzene rings is 1. The number of likely N-dealkylation sites (tertiary alicyclic amines) is 1. The van der Waals surface area contributed by atoms with Gasteiger partial charge in [-0.15, -0.1) is 0 Å². The molecule has 35 heavy (non-hydrogen) atoms. The predicted molar refractivity (Wildman–Crippen MR) is 120 cm³/mol. The van der Waals surface area contributed by atoms with Crippen LogP contribution in [0.1, 0.15) is 16.1 Å². The standard InChI is InChI=1S/C22H21ClF2N6O4/c1-35-20-15(24)10-29(19(20)22(34)30(25)9-12-3-2-4-13(23)7-12)17(32)11-31-16-5-6-27-8-14(16)18(28-31)21(26)33/h2-8,15,19-20H,9-11H2,1H3,(H2,26,33)/t15-,19-,20+/m0/s1. The van der Waals surface area contributed by atoms with Crippen LogP contribution in [0.2, 0.25) is 5.02 Å². The van der Waals surface area contributed by atoms with Gasteiger partial charge in [0.25, 0.3) is 11.8 Å². The van der Waals surface area contributed by atoms with Gasteiger partial charge in [-0.3, -0.25) is 24.0 Å². The number of fused-ring (bicyclic) bond motifs is 1. The van der Waals surface area contributed by atoms with Crippen molar-refractivity contribution < 1.29 is 28.0 Å². The van der Waals surface area contributed by atoms with Gasteiger partial charge in [0.15, 0.2) is 5.69 Å². The average molecular weight is 507 g/mol. The number of carbonyl (C=O) groups excluding carboxylic acids is 3. The smallest absolute Gasteiger partial charge is 0.276 e. The molecule has 0 bridgehead atoms. The van der Waals surface area contributed by atoms with E-state index in [1.165, 1.54) is 36.3 Å². The van der Waals surface area contributed by atoms with Crippen molar-refractivity contribution in [3.8, 4) is 0 Å². The predicted octanol–water partition coefficient (Wildman–Crippen LogP) is 1.66. The second-order valence-electron chi connectivity index (χ2n) is 7.96. The summed E-state index contributed by atoms with van der Waals surface area (Å²) in [5.74, 6) is -2.68. The number of nitrogens with zero attached hydrogens (tertiary/aromatic N) is 5. The molecule has 1 fully saturated rings. The fourth-order valence-electron chi connectivity index (χ4n) is 4.15. The summed E-state index contributed by atoms with van der Waals surface area (Å²) in [4.78, 5) is 42.8. The number of ether oxygens (including phenoxy) is 1. The fourth-order valence-corrected chi connectivity index (χ4v) is 4.36. The molecule has 3 aromatic rings. The lowest BCUT2D eigenvalue weighted by Crippen LogP contribution is -2.51. The van der Waals surface area contributed by atoms with Gasteiger partial charge in [0, 0.05) is 24.5 Å². The maximum absolute atomic E-state index is 14.9. The summed E-state index contributed by atoms with van der Waals surface area (Å²) >= 11 is 5.91. The van der Waals surface area contributed by atoms with Gasteiger partial charge in [0.2, 0.25) is 5.91 Å². The number of amides is 3. The molecule has 10 nitrogen and oxygen atoms in total. The lowest BCUT2D eigenvalue weighted by atomic mass is 10.1. The monoisotopic (exact) mass is 506 g/mol. The number of primary amides is 1. The van der Waals surface area contributed by atoms with E-state index >= 15 is 0 Å². The van der Waals surface area contributed by atoms with E-state index in [0.29, 0.717) is 21.5 Å². The second-order valence-corrected chi connectivity index (χ2v) is 8.40. The van der Waals surface area contributed by atoms with Crippen molar-refractivity contribution in [1.82, 2.24) is 24.8 Å². The minimum Gasteiger partial charge on any atom is -0.376 e. The normalized spacial score (nSPS) is 19.8. The van der Waals surface area contributed by atoms with Crippen LogP contribution in [0, 0.1) is 0 Å². The molecule has 2 N–H and O–H groups in total. The molecule has 0 saturated carbocycles. The van der Waals surface area contributed by atoms with Crippen molar-refractivity contribution in [2.75, 3.05) is 13.7 Å². The first-order valence-corrected chi connectivity index (χ1v) is 10.9. The van der Waals surface area contributed by atoms with Crippen LogP contribution < -0.4 is 5.73 Å². The number of methoxy groups -OCH3 is 1. The maximum Gasteiger partial charge on any atom is 0.276 e. The molecule has 4 rings (SSSR count). The van der Waals surface area contributed by atoms with Gasteiger partial charge in [0.05, 0.1) is 24.0 Å². The number of hydrogen-bond donors (Lipinski definition) is 1. The summed E-state index contributed by atoms with van der Waals surface area (Å²) in [6.45, 7) is -1.40. The maximum atomic E-state index is 14.9. The van der Waals surface area contributed by atoms with Crippen LogP contribution in [0.25, 0.3) is 10.9 Å². The van der Waals surface area contributed by atoms with Crippen molar-refractivity contribution in [3.63, 3.8) is 0 Å². The lowest BCUT2D eigenvalue weighted by molar-refractivity contribution is -0.160. The topological polar surface area (TPSA) is 124 Å². The fraction of sp³-hybridized carbons (Fsp3) is 0.318. The molecule has 0 spiro atoms. The summed E-state index contributed by atoms with van der Waals surface area (Å²) in [5.41, 5.74) is 6.07. The van der Waals surface area contributed by atoms with Crippen LogP contribution in [0.15, 0.2) is 42.7 Å². The zero-order valence-electron chi connectivity index (χ0n) is 18.5. The Bertz CT molecular complexity index is 1290. The van der Waals surface area contributed by atoms with Crippen LogP contribution in [0.5, 0.6) is 0 Å². The summed E-state index contributed by atoms with van der Waals surface area (Å²) in [6.07, 6.45) is -0.283. The van der Waals surface area contributed by atoms with Crippen molar-refractivity contribution >= 4 is 40.2 Å². The third-order valence-electron chi connectivity index (χ3n) is 5.74. The van der Waals surface area contributed by atoms with E-state index in [4.69, 9.17) is 22.1 Å². The molecular formula is C22H21ClF2N6O4. The highest BCUT2D eigenvalue weighted by Gasteiger charge is 2.50. The minimum atomic E-state index is -1.72. The highest BCUT2D eigenvalue weighted by molar-refractivity contribution is 6.30. The Balaban J connectivity index is 1.59. The second kappa shape index (κ2) is 9.92. The van der Waals surface area contributed by atoms with Crippen molar-refractivity contribution in [3.05, 3.63) is 59.0 Å². The average Bonchev–Trinajstić information content (AvgIpc) is 3.36. The SMILES string of the molecule is CO[C@H]1[C@@H](C(=O)N(F)Cc2cccc(Cl)c2)N(C(=O)Cn2nc(C(N)=O)c3cnccc32)C[C@@H]1F. The van der Waals surface area contributed by atoms with E-state index < -0.39 is 55.7 Å². The number of nitrogens with two attached hydrogens (primary N) is 1.